The summed E-state index contributed by atoms with van der Waals surface area (Å²) in [5.41, 5.74) is 3.78. The molecule has 0 radical (unpaired) electrons. The zero-order chi connectivity index (χ0) is 17.0. The highest BCUT2D eigenvalue weighted by Gasteiger charge is 2.31. The first-order valence-corrected chi connectivity index (χ1v) is 7.85. The number of pyridine rings is 1. The minimum Gasteiger partial charge on any atom is -0.338 e. The predicted octanol–water partition coefficient (Wildman–Crippen LogP) is 3.40. The van der Waals surface area contributed by atoms with E-state index in [1.165, 1.54) is 0 Å². The van der Waals surface area contributed by atoms with Gasteiger partial charge in [0.15, 0.2) is 11.6 Å². The Bertz CT molecular complexity index is 1180. The summed E-state index contributed by atoms with van der Waals surface area (Å²) in [6.45, 7) is 0. The number of aromatic nitrogens is 3. The molecule has 2 aromatic heterocycles. The largest absolute Gasteiger partial charge is 0.338 e. The molecule has 0 aliphatic heterocycles. The van der Waals surface area contributed by atoms with E-state index in [0.29, 0.717) is 33.6 Å². The lowest BCUT2D eigenvalue weighted by Crippen LogP contribution is -2.21. The van der Waals surface area contributed by atoms with E-state index in [2.05, 4.69) is 15.0 Å². The second-order valence-corrected chi connectivity index (χ2v) is 5.91. The second kappa shape index (κ2) is 4.95. The molecule has 5 rings (SSSR count). The average molecular weight is 325 g/mol. The Balaban J connectivity index is 1.79. The maximum absolute atomic E-state index is 13.0. The molecule has 2 heterocycles. The van der Waals surface area contributed by atoms with Gasteiger partial charge in [0.2, 0.25) is 0 Å². The van der Waals surface area contributed by atoms with Crippen LogP contribution >= 0.6 is 0 Å². The highest BCUT2D eigenvalue weighted by atomic mass is 16.1. The van der Waals surface area contributed by atoms with Crippen LogP contribution in [0.25, 0.3) is 22.4 Å². The maximum atomic E-state index is 13.0. The maximum Gasteiger partial charge on any atom is 0.196 e. The first kappa shape index (κ1) is 13.8. The van der Waals surface area contributed by atoms with Crippen molar-refractivity contribution in [1.82, 2.24) is 15.0 Å². The Hall–Kier alpha value is -3.60. The van der Waals surface area contributed by atoms with Crippen molar-refractivity contribution < 1.29 is 9.59 Å². The molecule has 0 spiro atoms. The van der Waals surface area contributed by atoms with E-state index in [0.717, 1.165) is 11.1 Å². The number of carbonyl (C=O) groups is 2. The smallest absolute Gasteiger partial charge is 0.196 e. The molecule has 5 heteroatoms. The van der Waals surface area contributed by atoms with Gasteiger partial charge in [-0.3, -0.25) is 14.6 Å². The van der Waals surface area contributed by atoms with Gasteiger partial charge in [0.05, 0.1) is 11.1 Å². The quantitative estimate of drug-likeness (QED) is 0.512. The van der Waals surface area contributed by atoms with Crippen molar-refractivity contribution in [2.24, 2.45) is 0 Å². The van der Waals surface area contributed by atoms with Crippen LogP contribution < -0.4 is 0 Å². The lowest BCUT2D eigenvalue weighted by molar-refractivity contribution is 0.0980. The van der Waals surface area contributed by atoms with Crippen molar-refractivity contribution >= 4 is 22.6 Å². The molecule has 0 saturated carbocycles. The van der Waals surface area contributed by atoms with Crippen molar-refractivity contribution in [1.29, 1.82) is 0 Å². The number of hydrogen-bond acceptors (Lipinski definition) is 4. The van der Waals surface area contributed by atoms with Gasteiger partial charge in [0.1, 0.15) is 11.3 Å². The Kier molecular flexibility index (Phi) is 2.73. The molecule has 1 aliphatic carbocycles. The fourth-order valence-electron chi connectivity index (χ4n) is 3.30. The van der Waals surface area contributed by atoms with E-state index < -0.39 is 0 Å². The summed E-state index contributed by atoms with van der Waals surface area (Å²) < 4.78 is 0. The topological polar surface area (TPSA) is 75.7 Å². The van der Waals surface area contributed by atoms with Crippen molar-refractivity contribution in [3.8, 4) is 11.4 Å². The third-order valence-electron chi connectivity index (χ3n) is 4.50. The Morgan fingerprint density at radius 1 is 0.760 bits per heavy atom. The van der Waals surface area contributed by atoms with E-state index >= 15 is 0 Å². The van der Waals surface area contributed by atoms with Gasteiger partial charge < -0.3 is 4.98 Å². The molecule has 2 aromatic carbocycles. The molecule has 0 atom stereocenters. The summed E-state index contributed by atoms with van der Waals surface area (Å²) in [6.07, 6.45) is 3.37. The van der Waals surface area contributed by atoms with Crippen molar-refractivity contribution in [2.45, 2.75) is 0 Å². The summed E-state index contributed by atoms with van der Waals surface area (Å²) >= 11 is 0. The van der Waals surface area contributed by atoms with E-state index in [-0.39, 0.29) is 11.6 Å². The Labute approximate surface area is 142 Å². The number of hydrogen-bond donors (Lipinski definition) is 1. The number of carbonyl (C=O) groups excluding carboxylic acids is 2. The van der Waals surface area contributed by atoms with E-state index in [9.17, 15) is 9.59 Å². The van der Waals surface area contributed by atoms with Gasteiger partial charge in [0, 0.05) is 34.6 Å². The molecule has 25 heavy (non-hydrogen) atoms. The monoisotopic (exact) mass is 325 g/mol. The number of nitrogens with one attached hydrogen (secondary N) is 1. The van der Waals surface area contributed by atoms with Gasteiger partial charge in [-0.25, -0.2) is 4.98 Å². The third kappa shape index (κ3) is 1.89. The van der Waals surface area contributed by atoms with Crippen molar-refractivity contribution in [3.05, 3.63) is 83.2 Å². The first-order chi connectivity index (χ1) is 12.2. The van der Waals surface area contributed by atoms with Gasteiger partial charge in [-0.1, -0.05) is 24.3 Å². The first-order valence-electron chi connectivity index (χ1n) is 7.85. The summed E-state index contributed by atoms with van der Waals surface area (Å²) in [5, 5.41) is 0. The van der Waals surface area contributed by atoms with E-state index in [1.54, 1.807) is 48.8 Å². The van der Waals surface area contributed by atoms with Gasteiger partial charge in [-0.05, 0) is 24.3 Å². The third-order valence-corrected chi connectivity index (χ3v) is 4.50. The molecule has 0 amide bonds. The lowest BCUT2D eigenvalue weighted by atomic mass is 9.83. The molecule has 0 unspecified atom stereocenters. The molecule has 1 N–H and O–H groups in total. The minimum atomic E-state index is -0.163. The summed E-state index contributed by atoms with van der Waals surface area (Å²) in [7, 11) is 0. The standard InChI is InChI=1S/C20H11N3O2/c24-18-12-3-1-2-4-13(12)19(25)16-14(18)5-6-15-17(16)23-20(22-15)11-7-9-21-10-8-11/h1-10H,(H,22,23). The van der Waals surface area contributed by atoms with E-state index in [4.69, 9.17) is 0 Å². The average Bonchev–Trinajstić information content (AvgIpc) is 3.10. The van der Waals surface area contributed by atoms with Gasteiger partial charge in [0.25, 0.3) is 0 Å². The number of aromatic amines is 1. The zero-order valence-corrected chi connectivity index (χ0v) is 13.0. The number of ketones is 2. The number of fused-ring (bicyclic) bond motifs is 4. The highest BCUT2D eigenvalue weighted by molar-refractivity contribution is 6.31. The number of H-pyrrole nitrogens is 1. The molecule has 0 bridgehead atoms. The summed E-state index contributed by atoms with van der Waals surface area (Å²) in [5.74, 6) is 0.342. The van der Waals surface area contributed by atoms with Crippen LogP contribution in [0.5, 0.6) is 0 Å². The molecule has 118 valence electrons. The van der Waals surface area contributed by atoms with E-state index in [1.807, 2.05) is 12.1 Å². The van der Waals surface area contributed by atoms with Crippen LogP contribution in [0.3, 0.4) is 0 Å². The van der Waals surface area contributed by atoms with Crippen LogP contribution in [-0.4, -0.2) is 26.5 Å². The summed E-state index contributed by atoms with van der Waals surface area (Å²) in [4.78, 5) is 37.6. The second-order valence-electron chi connectivity index (χ2n) is 5.91. The molecule has 0 fully saturated rings. The fourth-order valence-corrected chi connectivity index (χ4v) is 3.30. The number of nitrogens with zero attached hydrogens (tertiary/aromatic N) is 2. The Morgan fingerprint density at radius 3 is 2.24 bits per heavy atom. The predicted molar refractivity (Wildman–Crippen MR) is 92.6 cm³/mol. The number of rotatable bonds is 1. The molecular weight excluding hydrogens is 314 g/mol. The van der Waals surface area contributed by atoms with Gasteiger partial charge in [-0.15, -0.1) is 0 Å². The zero-order valence-electron chi connectivity index (χ0n) is 13.0. The van der Waals surface area contributed by atoms with Crippen LogP contribution in [0, 0.1) is 0 Å². The fraction of sp³-hybridized carbons (Fsp3) is 0. The van der Waals surface area contributed by atoms with Gasteiger partial charge in [-0.2, -0.15) is 0 Å². The van der Waals surface area contributed by atoms with Crippen LogP contribution in [0.15, 0.2) is 60.9 Å². The van der Waals surface area contributed by atoms with Crippen LogP contribution in [0.2, 0.25) is 0 Å². The highest BCUT2D eigenvalue weighted by Crippen LogP contribution is 2.32. The minimum absolute atomic E-state index is 0.138. The molecule has 4 aromatic rings. The number of benzene rings is 2. The van der Waals surface area contributed by atoms with Crippen molar-refractivity contribution in [2.75, 3.05) is 0 Å². The normalized spacial score (nSPS) is 13.0. The molecule has 5 nitrogen and oxygen atoms in total. The van der Waals surface area contributed by atoms with Crippen LogP contribution in [-0.2, 0) is 0 Å². The SMILES string of the molecule is O=C1c2ccccc2C(=O)c2c1ccc1[nH]c(-c3ccncc3)nc21. The van der Waals surface area contributed by atoms with Crippen LogP contribution in [0.1, 0.15) is 31.8 Å². The molecular formula is C20H11N3O2. The molecule has 0 saturated heterocycles. The lowest BCUT2D eigenvalue weighted by Gasteiger charge is -2.17. The number of imidazole rings is 1. The van der Waals surface area contributed by atoms with Crippen LogP contribution in [0.4, 0.5) is 0 Å². The Morgan fingerprint density at radius 2 is 1.48 bits per heavy atom. The summed E-state index contributed by atoms with van der Waals surface area (Å²) in [6, 6.07) is 14.1. The van der Waals surface area contributed by atoms with Gasteiger partial charge >= 0.3 is 0 Å². The van der Waals surface area contributed by atoms with Crippen molar-refractivity contribution in [3.63, 3.8) is 0 Å². The molecule has 1 aliphatic rings.